The van der Waals surface area contributed by atoms with E-state index in [0.29, 0.717) is 23.4 Å². The van der Waals surface area contributed by atoms with E-state index >= 15 is 0 Å². The van der Waals surface area contributed by atoms with Crippen molar-refractivity contribution in [3.05, 3.63) is 64.4 Å². The number of rotatable bonds is 6. The Bertz CT molecular complexity index is 1060. The minimum atomic E-state index is -3.36. The molecule has 6 nitrogen and oxygen atoms in total. The number of hydrogen-bond acceptors (Lipinski definition) is 4. The summed E-state index contributed by atoms with van der Waals surface area (Å²) in [5, 5.41) is 6.11. The van der Waals surface area contributed by atoms with Crippen LogP contribution in [0.2, 0.25) is 5.02 Å². The highest BCUT2D eigenvalue weighted by atomic mass is 35.5. The lowest BCUT2D eigenvalue weighted by Gasteiger charge is -2.22. The summed E-state index contributed by atoms with van der Waals surface area (Å²) < 4.78 is 39.3. The van der Waals surface area contributed by atoms with Gasteiger partial charge in [-0.3, -0.25) is 9.52 Å². The number of sulfonamides is 1. The van der Waals surface area contributed by atoms with Gasteiger partial charge in [0, 0.05) is 23.6 Å². The molecule has 0 fully saturated rings. The molecule has 0 aromatic heterocycles. The first-order valence-corrected chi connectivity index (χ1v) is 11.2. The van der Waals surface area contributed by atoms with Crippen LogP contribution in [-0.2, 0) is 14.8 Å². The Morgan fingerprint density at radius 3 is 2.52 bits per heavy atom. The minimum Gasteiger partial charge on any atom is -0.284 e. The van der Waals surface area contributed by atoms with Crippen molar-refractivity contribution >= 4 is 38.9 Å². The van der Waals surface area contributed by atoms with Crippen LogP contribution in [0.1, 0.15) is 43.9 Å². The average molecular weight is 438 g/mol. The monoisotopic (exact) mass is 437 g/mol. The molecule has 0 aliphatic carbocycles. The van der Waals surface area contributed by atoms with Gasteiger partial charge in [0.2, 0.25) is 15.9 Å². The van der Waals surface area contributed by atoms with E-state index in [0.717, 1.165) is 5.56 Å². The molecule has 3 rings (SSSR count). The van der Waals surface area contributed by atoms with Gasteiger partial charge >= 0.3 is 0 Å². The Morgan fingerprint density at radius 2 is 1.93 bits per heavy atom. The third kappa shape index (κ3) is 4.76. The zero-order chi connectivity index (χ0) is 21.2. The SMILES string of the molecule is CCC(=O)N1N=C(c2ccc(NS(=O)(=O)CC)cc2)C[C@@H]1c1ccc(F)cc1Cl. The maximum atomic E-state index is 13.4. The fraction of sp³-hybridized carbons (Fsp3) is 0.300. The fourth-order valence-electron chi connectivity index (χ4n) is 3.07. The molecular formula is C20H21ClFN3O3S. The molecule has 29 heavy (non-hydrogen) atoms. The van der Waals surface area contributed by atoms with E-state index in [9.17, 15) is 17.6 Å². The smallest absolute Gasteiger partial charge is 0.242 e. The summed E-state index contributed by atoms with van der Waals surface area (Å²) in [6, 6.07) is 10.5. The molecule has 1 atom stereocenters. The maximum Gasteiger partial charge on any atom is 0.242 e. The third-order valence-electron chi connectivity index (χ3n) is 4.66. The Balaban J connectivity index is 1.89. The first kappa shape index (κ1) is 21.3. The highest BCUT2D eigenvalue weighted by molar-refractivity contribution is 7.92. The van der Waals surface area contributed by atoms with Gasteiger partial charge in [-0.1, -0.05) is 36.7 Å². The lowest BCUT2D eigenvalue weighted by molar-refractivity contribution is -0.132. The lowest BCUT2D eigenvalue weighted by Crippen LogP contribution is -2.26. The quantitative estimate of drug-likeness (QED) is 0.730. The molecule has 2 aromatic rings. The number of carbonyl (C=O) groups excluding carboxylic acids is 1. The number of hydrogen-bond donors (Lipinski definition) is 1. The van der Waals surface area contributed by atoms with Crippen molar-refractivity contribution in [2.45, 2.75) is 32.7 Å². The number of anilines is 1. The van der Waals surface area contributed by atoms with Crippen LogP contribution in [0.4, 0.5) is 10.1 Å². The van der Waals surface area contributed by atoms with Gasteiger partial charge in [-0.25, -0.2) is 17.8 Å². The molecule has 0 saturated heterocycles. The molecule has 1 amide bonds. The van der Waals surface area contributed by atoms with Crippen molar-refractivity contribution in [2.24, 2.45) is 5.10 Å². The summed E-state index contributed by atoms with van der Waals surface area (Å²) >= 11 is 6.22. The van der Waals surface area contributed by atoms with Crippen LogP contribution in [-0.4, -0.2) is 30.8 Å². The van der Waals surface area contributed by atoms with E-state index in [4.69, 9.17) is 11.6 Å². The second kappa shape index (κ2) is 8.51. The van der Waals surface area contributed by atoms with Crippen molar-refractivity contribution in [3.63, 3.8) is 0 Å². The van der Waals surface area contributed by atoms with Crippen LogP contribution in [0.5, 0.6) is 0 Å². The molecule has 0 radical (unpaired) electrons. The second-order valence-electron chi connectivity index (χ2n) is 6.61. The Morgan fingerprint density at radius 1 is 1.24 bits per heavy atom. The summed E-state index contributed by atoms with van der Waals surface area (Å²) in [5.41, 5.74) is 2.51. The largest absolute Gasteiger partial charge is 0.284 e. The van der Waals surface area contributed by atoms with Crippen LogP contribution < -0.4 is 4.72 Å². The molecule has 2 aromatic carbocycles. The van der Waals surface area contributed by atoms with Crippen LogP contribution in [0, 0.1) is 5.82 Å². The highest BCUT2D eigenvalue weighted by Crippen LogP contribution is 2.37. The fourth-order valence-corrected chi connectivity index (χ4v) is 4.01. The lowest BCUT2D eigenvalue weighted by atomic mass is 9.98. The van der Waals surface area contributed by atoms with Crippen molar-refractivity contribution < 1.29 is 17.6 Å². The van der Waals surface area contributed by atoms with Gasteiger partial charge in [0.15, 0.2) is 0 Å². The molecule has 1 aliphatic heterocycles. The van der Waals surface area contributed by atoms with Gasteiger partial charge in [-0.15, -0.1) is 0 Å². The third-order valence-corrected chi connectivity index (χ3v) is 6.30. The number of nitrogens with zero attached hydrogens (tertiary/aromatic N) is 2. The minimum absolute atomic E-state index is 0.0182. The standard InChI is InChI=1S/C20H21ClFN3O3S/c1-3-20(26)25-19(16-10-7-14(22)11-17(16)21)12-18(23-25)13-5-8-15(9-6-13)24-29(27,28)4-2/h5-11,19,24H,3-4,12H2,1-2H3/t19-/m1/s1. The normalized spacial score (nSPS) is 16.6. The van der Waals surface area contributed by atoms with Gasteiger partial charge in [0.05, 0.1) is 17.5 Å². The Hall–Kier alpha value is -2.45. The van der Waals surface area contributed by atoms with E-state index in [1.165, 1.54) is 17.1 Å². The number of amides is 1. The number of halogens is 2. The number of benzene rings is 2. The second-order valence-corrected chi connectivity index (χ2v) is 9.03. The van der Waals surface area contributed by atoms with Crippen molar-refractivity contribution in [2.75, 3.05) is 10.5 Å². The zero-order valence-corrected chi connectivity index (χ0v) is 17.6. The summed E-state index contributed by atoms with van der Waals surface area (Å²) in [5.74, 6) is -0.635. The zero-order valence-electron chi connectivity index (χ0n) is 16.0. The van der Waals surface area contributed by atoms with Gasteiger partial charge in [-0.2, -0.15) is 5.10 Å². The van der Waals surface area contributed by atoms with Gasteiger partial charge < -0.3 is 0 Å². The van der Waals surface area contributed by atoms with Crippen LogP contribution in [0.3, 0.4) is 0 Å². The van der Waals surface area contributed by atoms with Gasteiger partial charge in [-0.05, 0) is 42.3 Å². The van der Waals surface area contributed by atoms with Gasteiger partial charge in [0.25, 0.3) is 0 Å². The maximum absolute atomic E-state index is 13.4. The summed E-state index contributed by atoms with van der Waals surface area (Å²) in [7, 11) is -3.36. The van der Waals surface area contributed by atoms with E-state index in [1.54, 1.807) is 44.2 Å². The van der Waals surface area contributed by atoms with Crippen molar-refractivity contribution in [3.8, 4) is 0 Å². The predicted octanol–water partition coefficient (Wildman–Crippen LogP) is 4.33. The van der Waals surface area contributed by atoms with Crippen molar-refractivity contribution in [1.29, 1.82) is 0 Å². The highest BCUT2D eigenvalue weighted by Gasteiger charge is 2.33. The van der Waals surface area contributed by atoms with Crippen LogP contribution in [0.15, 0.2) is 47.6 Å². The van der Waals surface area contributed by atoms with E-state index in [2.05, 4.69) is 9.82 Å². The van der Waals surface area contributed by atoms with Gasteiger partial charge in [0.1, 0.15) is 5.82 Å². The van der Waals surface area contributed by atoms with Crippen LogP contribution >= 0.6 is 11.6 Å². The number of nitrogens with one attached hydrogen (secondary N) is 1. The Kier molecular flexibility index (Phi) is 6.24. The molecule has 1 aliphatic rings. The summed E-state index contributed by atoms with van der Waals surface area (Å²) in [6.45, 7) is 3.30. The predicted molar refractivity (Wildman–Crippen MR) is 112 cm³/mol. The number of carbonyl (C=O) groups is 1. The number of hydrazone groups is 1. The molecule has 1 N–H and O–H groups in total. The summed E-state index contributed by atoms with van der Waals surface area (Å²) in [4.78, 5) is 12.4. The van der Waals surface area contributed by atoms with E-state index in [1.807, 2.05) is 0 Å². The van der Waals surface area contributed by atoms with Crippen LogP contribution in [0.25, 0.3) is 0 Å². The first-order valence-electron chi connectivity index (χ1n) is 9.19. The molecular weight excluding hydrogens is 417 g/mol. The first-order chi connectivity index (χ1) is 13.7. The topological polar surface area (TPSA) is 78.8 Å². The molecule has 0 bridgehead atoms. The molecule has 154 valence electrons. The summed E-state index contributed by atoms with van der Waals surface area (Å²) in [6.07, 6.45) is 0.682. The Labute approximate surface area is 174 Å². The van der Waals surface area contributed by atoms with Crippen molar-refractivity contribution in [1.82, 2.24) is 5.01 Å². The van der Waals surface area contributed by atoms with E-state index in [-0.39, 0.29) is 23.1 Å². The molecule has 0 spiro atoms. The average Bonchev–Trinajstić information content (AvgIpc) is 3.12. The molecule has 9 heteroatoms. The van der Waals surface area contributed by atoms with E-state index < -0.39 is 21.9 Å². The molecule has 1 heterocycles. The molecule has 0 unspecified atom stereocenters. The molecule has 0 saturated carbocycles.